The Balaban J connectivity index is 1.30. The lowest BCUT2D eigenvalue weighted by Crippen LogP contribution is -2.55. The van der Waals surface area contributed by atoms with Crippen LogP contribution in [0.3, 0.4) is 0 Å². The van der Waals surface area contributed by atoms with Crippen molar-refractivity contribution in [3.63, 3.8) is 0 Å². The van der Waals surface area contributed by atoms with Crippen molar-refractivity contribution < 1.29 is 14.3 Å². The van der Waals surface area contributed by atoms with Gasteiger partial charge in [-0.15, -0.1) is 0 Å². The fourth-order valence-corrected chi connectivity index (χ4v) is 5.58. The number of hydrogen-bond acceptors (Lipinski definition) is 8. The minimum atomic E-state index is -0.427. The molecule has 0 spiro atoms. The summed E-state index contributed by atoms with van der Waals surface area (Å²) in [6.45, 7) is 4.27. The van der Waals surface area contributed by atoms with Crippen molar-refractivity contribution in [2.75, 3.05) is 37.4 Å². The minimum Gasteiger partial charge on any atom is -0.382 e. The molecule has 11 heteroatoms. The molecule has 4 aromatic rings. The Morgan fingerprint density at radius 1 is 1.24 bits per heavy atom. The van der Waals surface area contributed by atoms with Gasteiger partial charge in [-0.3, -0.25) is 14.0 Å². The largest absolute Gasteiger partial charge is 0.382 e. The number of nitrogen functional groups attached to an aromatic ring is 1. The highest BCUT2D eigenvalue weighted by atomic mass is 32.1. The Morgan fingerprint density at radius 3 is 2.76 bits per heavy atom. The van der Waals surface area contributed by atoms with Gasteiger partial charge in [-0.2, -0.15) is 4.37 Å². The van der Waals surface area contributed by atoms with Gasteiger partial charge in [0.2, 0.25) is 5.91 Å². The van der Waals surface area contributed by atoms with Crippen molar-refractivity contribution in [3.05, 3.63) is 59.6 Å². The summed E-state index contributed by atoms with van der Waals surface area (Å²) in [4.78, 5) is 37.1. The summed E-state index contributed by atoms with van der Waals surface area (Å²) in [6.07, 6.45) is 6.99. The third-order valence-corrected chi connectivity index (χ3v) is 7.74. The fraction of sp³-hybridized carbons (Fsp3) is 0.346. The van der Waals surface area contributed by atoms with E-state index in [4.69, 9.17) is 15.5 Å². The topological polar surface area (TPSA) is 128 Å². The van der Waals surface area contributed by atoms with E-state index in [1.807, 2.05) is 34.6 Å². The molecule has 0 unspecified atom stereocenters. The molecule has 190 valence electrons. The van der Waals surface area contributed by atoms with Crippen molar-refractivity contribution in [1.82, 2.24) is 23.6 Å². The Hall–Kier alpha value is -3.83. The summed E-state index contributed by atoms with van der Waals surface area (Å²) >= 11 is 1.28. The first-order valence-electron chi connectivity index (χ1n) is 12.2. The molecule has 2 fully saturated rings. The molecule has 2 saturated heterocycles. The maximum atomic E-state index is 13.2. The standard InChI is InChI=1S/C26H27N7O3S/c1-26(14-36-15-26)25(35)32-9-2-3-18(12-32)23-31-20(21-22(27)28-8-10-33(21)23)16-4-6-17(7-5-16)24(34)30-19-11-29-37-13-19/h4-8,10-11,13,18H,2-3,9,12,14-15H2,1H3,(H2,27,28)(H,30,34)/t18-/m1/s1. The van der Waals surface area contributed by atoms with E-state index in [9.17, 15) is 9.59 Å². The van der Waals surface area contributed by atoms with Gasteiger partial charge in [-0.1, -0.05) is 12.1 Å². The molecule has 5 heterocycles. The molecule has 0 radical (unpaired) electrons. The number of aromatic nitrogens is 4. The van der Waals surface area contributed by atoms with Crippen LogP contribution in [-0.4, -0.2) is 61.8 Å². The Bertz CT molecular complexity index is 1460. The van der Waals surface area contributed by atoms with Crippen LogP contribution in [0.5, 0.6) is 0 Å². The zero-order valence-electron chi connectivity index (χ0n) is 20.4. The van der Waals surface area contributed by atoms with Crippen LogP contribution in [0.4, 0.5) is 11.5 Å². The highest BCUT2D eigenvalue weighted by Crippen LogP contribution is 2.36. The maximum absolute atomic E-state index is 13.2. The van der Waals surface area contributed by atoms with Gasteiger partial charge in [0.25, 0.3) is 5.91 Å². The molecule has 3 aromatic heterocycles. The molecule has 6 rings (SSSR count). The van der Waals surface area contributed by atoms with Crippen LogP contribution < -0.4 is 11.1 Å². The van der Waals surface area contributed by atoms with Crippen molar-refractivity contribution in [2.24, 2.45) is 5.41 Å². The average Bonchev–Trinajstić information content (AvgIpc) is 3.56. The van der Waals surface area contributed by atoms with Gasteiger partial charge in [-0.25, -0.2) is 9.97 Å². The second-order valence-electron chi connectivity index (χ2n) is 9.94. The van der Waals surface area contributed by atoms with E-state index >= 15 is 0 Å². The minimum absolute atomic E-state index is 0.0645. The van der Waals surface area contributed by atoms with Gasteiger partial charge >= 0.3 is 0 Å². The van der Waals surface area contributed by atoms with Gasteiger partial charge in [0.05, 0.1) is 30.5 Å². The summed E-state index contributed by atoms with van der Waals surface area (Å²) in [5.74, 6) is 1.25. The number of carbonyl (C=O) groups excluding carboxylic acids is 2. The van der Waals surface area contributed by atoms with E-state index in [-0.39, 0.29) is 17.7 Å². The molecule has 1 aromatic carbocycles. The van der Waals surface area contributed by atoms with Gasteiger partial charge in [-0.05, 0) is 43.4 Å². The highest BCUT2D eigenvalue weighted by Gasteiger charge is 2.44. The number of nitrogens with zero attached hydrogens (tertiary/aromatic N) is 5. The molecule has 2 aliphatic heterocycles. The average molecular weight is 518 g/mol. The van der Waals surface area contributed by atoms with Gasteiger partial charge in [0.15, 0.2) is 0 Å². The number of amides is 2. The number of rotatable bonds is 5. The molecule has 0 saturated carbocycles. The number of nitrogens with one attached hydrogen (secondary N) is 1. The second kappa shape index (κ2) is 9.24. The molecule has 2 aliphatic rings. The number of ether oxygens (including phenoxy) is 1. The first-order valence-corrected chi connectivity index (χ1v) is 13.1. The van der Waals surface area contributed by atoms with E-state index in [0.717, 1.165) is 36.3 Å². The fourth-order valence-electron chi connectivity index (χ4n) is 5.11. The monoisotopic (exact) mass is 517 g/mol. The number of anilines is 2. The Labute approximate surface area is 217 Å². The first kappa shape index (κ1) is 23.6. The van der Waals surface area contributed by atoms with Crippen molar-refractivity contribution in [3.8, 4) is 11.3 Å². The first-order chi connectivity index (χ1) is 17.9. The third-order valence-electron chi connectivity index (χ3n) is 7.15. The maximum Gasteiger partial charge on any atom is 0.255 e. The normalized spacial score (nSPS) is 18.9. The SMILES string of the molecule is CC1(C(=O)N2CCC[C@@H](c3nc(-c4ccc(C(=O)Nc5cnsc5)cc4)c4c(N)nccn34)C2)COC1. The number of hydrogen-bond donors (Lipinski definition) is 2. The summed E-state index contributed by atoms with van der Waals surface area (Å²) in [7, 11) is 0. The number of piperidine rings is 1. The summed E-state index contributed by atoms with van der Waals surface area (Å²) in [6, 6.07) is 7.27. The second-order valence-corrected chi connectivity index (χ2v) is 10.6. The molecule has 2 amide bonds. The lowest BCUT2D eigenvalue weighted by molar-refractivity contribution is -0.169. The number of carbonyl (C=O) groups is 2. The van der Waals surface area contributed by atoms with Crippen molar-refractivity contribution >= 4 is 40.4 Å². The van der Waals surface area contributed by atoms with E-state index in [1.165, 1.54) is 11.5 Å². The zero-order valence-corrected chi connectivity index (χ0v) is 21.2. The predicted molar refractivity (Wildman–Crippen MR) is 140 cm³/mol. The number of imidazole rings is 1. The van der Waals surface area contributed by atoms with Crippen LogP contribution >= 0.6 is 11.5 Å². The van der Waals surface area contributed by atoms with Gasteiger partial charge in [0.1, 0.15) is 22.9 Å². The smallest absolute Gasteiger partial charge is 0.255 e. The van der Waals surface area contributed by atoms with Crippen molar-refractivity contribution in [2.45, 2.75) is 25.7 Å². The molecule has 37 heavy (non-hydrogen) atoms. The Morgan fingerprint density at radius 2 is 2.05 bits per heavy atom. The molecule has 3 N–H and O–H groups in total. The lowest BCUT2D eigenvalue weighted by atomic mass is 9.85. The third kappa shape index (κ3) is 4.23. The molecule has 1 atom stereocenters. The van der Waals surface area contributed by atoms with Crippen molar-refractivity contribution in [1.29, 1.82) is 0 Å². The summed E-state index contributed by atoms with van der Waals surface area (Å²) < 4.78 is 11.3. The summed E-state index contributed by atoms with van der Waals surface area (Å²) in [5.41, 5.74) is 9.36. The molecular weight excluding hydrogens is 490 g/mol. The zero-order chi connectivity index (χ0) is 25.6. The summed E-state index contributed by atoms with van der Waals surface area (Å²) in [5, 5.41) is 4.61. The van der Waals surface area contributed by atoms with E-state index < -0.39 is 5.41 Å². The van der Waals surface area contributed by atoms with Crippen LogP contribution in [0.25, 0.3) is 16.8 Å². The number of nitrogens with two attached hydrogens (primary N) is 1. The van der Waals surface area contributed by atoms with E-state index in [2.05, 4.69) is 14.7 Å². The van der Waals surface area contributed by atoms with Crippen LogP contribution in [0.2, 0.25) is 0 Å². The van der Waals surface area contributed by atoms with E-state index in [1.54, 1.807) is 29.9 Å². The van der Waals surface area contributed by atoms with Crippen LogP contribution in [0.1, 0.15) is 41.9 Å². The molecule has 0 aliphatic carbocycles. The van der Waals surface area contributed by atoms with E-state index in [0.29, 0.717) is 42.5 Å². The highest BCUT2D eigenvalue weighted by molar-refractivity contribution is 7.04. The molecular formula is C26H27N7O3S. The number of likely N-dealkylation sites (tertiary alicyclic amines) is 1. The van der Waals surface area contributed by atoms with Crippen LogP contribution in [0.15, 0.2) is 48.2 Å². The number of fused-ring (bicyclic) bond motifs is 1. The quantitative estimate of drug-likeness (QED) is 0.415. The van der Waals surface area contributed by atoms with Crippen LogP contribution in [0, 0.1) is 5.41 Å². The molecule has 0 bridgehead atoms. The van der Waals surface area contributed by atoms with Gasteiger partial charge < -0.3 is 20.7 Å². The van der Waals surface area contributed by atoms with Crippen LogP contribution in [-0.2, 0) is 9.53 Å². The Kier molecular flexibility index (Phi) is 5.88. The lowest BCUT2D eigenvalue weighted by Gasteiger charge is -2.42. The van der Waals surface area contributed by atoms with Gasteiger partial charge in [0, 0.05) is 47.9 Å². The molecule has 10 nitrogen and oxygen atoms in total. The predicted octanol–water partition coefficient (Wildman–Crippen LogP) is 3.43. The number of benzene rings is 1.